The van der Waals surface area contributed by atoms with Crippen LogP contribution < -0.4 is 15.4 Å². The zero-order valence-corrected chi connectivity index (χ0v) is 41.5. The number of aliphatic hydroxyl groups is 1. The minimum atomic E-state index is -1.61. The molecule has 1 saturated heterocycles. The Hall–Kier alpha value is -5.94. The first kappa shape index (κ1) is 50.4. The van der Waals surface area contributed by atoms with E-state index in [4.69, 9.17) is 9.47 Å². The second kappa shape index (κ2) is 20.8. The average molecular weight is 979 g/mol. The lowest BCUT2D eigenvalue weighted by Gasteiger charge is -2.44. The van der Waals surface area contributed by atoms with Gasteiger partial charge in [0.05, 0.1) is 40.5 Å². The maximum Gasteiger partial charge on any atom is 0.246 e. The number of halogens is 3. The standard InChI is InChI=1S/C54H61F3N6O6S/c1-31-18-41-40-11-9-8-10-36(40)20-42(41)48(63(31)29-54(6,7)57)47-43(55)22-39(23-44(47)56)69-27-37-19-34(16-17-58-37)26-68-28-46(65)61-50(53(3,4)5)52(67)62-25-38(64)21-45(62)51(66)59-24-33-12-14-35(15-13-33)49-32(2)60-30-70-49/h8-17,19,22-23,30-31,38,45,48,50,64H,18,20-21,24-29H2,1-7H3,(H,59,66)(H,61,65)/t31-,38-,45+,48+,50-/m1/s1. The first-order valence-corrected chi connectivity index (χ1v) is 24.5. The molecule has 12 nitrogen and oxygen atoms in total. The van der Waals surface area contributed by atoms with Gasteiger partial charge in [-0.25, -0.2) is 18.2 Å². The van der Waals surface area contributed by atoms with Crippen molar-refractivity contribution in [2.45, 2.75) is 123 Å². The molecule has 3 amide bonds. The summed E-state index contributed by atoms with van der Waals surface area (Å²) in [6, 6.07) is 18.5. The van der Waals surface area contributed by atoms with E-state index >= 15 is 13.2 Å². The van der Waals surface area contributed by atoms with Crippen LogP contribution in [0.1, 0.15) is 99.6 Å². The van der Waals surface area contributed by atoms with Crippen molar-refractivity contribution in [1.82, 2.24) is 30.4 Å². The summed E-state index contributed by atoms with van der Waals surface area (Å²) in [5.41, 5.74) is 7.33. The molecule has 16 heteroatoms. The van der Waals surface area contributed by atoms with E-state index in [1.807, 2.05) is 67.3 Å². The van der Waals surface area contributed by atoms with Crippen LogP contribution in [0.4, 0.5) is 13.2 Å². The SMILES string of the molecule is Cc1ncsc1-c1ccc(CNC(=O)[C@@H]2C[C@@H](O)CN2C(=O)[C@@H](NC(=O)COCc2ccnc(COc3cc(F)c([C@@H]4C5=C(C[C@@H](C)N4CC(C)(C)F)c4ccccc4C5)c(F)c3)c2)C(C)(C)C)cc1. The van der Waals surface area contributed by atoms with Crippen LogP contribution in [0.2, 0.25) is 0 Å². The molecular weight excluding hydrogens is 918 g/mol. The number of nitrogens with one attached hydrogen (secondary N) is 2. The maximum atomic E-state index is 16.3. The third-order valence-corrected chi connectivity index (χ3v) is 14.2. The van der Waals surface area contributed by atoms with Gasteiger partial charge in [-0.2, -0.15) is 0 Å². The minimum Gasteiger partial charge on any atom is -0.487 e. The number of aliphatic hydroxyl groups excluding tert-OH is 1. The molecule has 5 aromatic rings. The Kier molecular flexibility index (Phi) is 15.0. The molecular formula is C54H61F3N6O6S. The van der Waals surface area contributed by atoms with Gasteiger partial charge in [-0.15, -0.1) is 11.3 Å². The second-order valence-electron chi connectivity index (χ2n) is 20.4. The number of carbonyl (C=O) groups excluding carboxylic acids is 3. The molecule has 370 valence electrons. The van der Waals surface area contributed by atoms with Crippen LogP contribution in [0.5, 0.6) is 5.75 Å². The minimum absolute atomic E-state index is 0.00307. The van der Waals surface area contributed by atoms with Crippen molar-refractivity contribution in [1.29, 1.82) is 0 Å². The molecule has 70 heavy (non-hydrogen) atoms. The summed E-state index contributed by atoms with van der Waals surface area (Å²) in [6.07, 6.45) is 1.85. The fourth-order valence-corrected chi connectivity index (χ4v) is 10.7. The van der Waals surface area contributed by atoms with Crippen molar-refractivity contribution >= 4 is 34.6 Å². The number of amides is 3. The van der Waals surface area contributed by atoms with E-state index in [-0.39, 0.29) is 56.6 Å². The van der Waals surface area contributed by atoms with Crippen molar-refractivity contribution in [2.24, 2.45) is 5.41 Å². The monoisotopic (exact) mass is 978 g/mol. The third-order valence-electron chi connectivity index (χ3n) is 13.2. The predicted molar refractivity (Wildman–Crippen MR) is 262 cm³/mol. The van der Waals surface area contributed by atoms with E-state index < -0.39 is 71.3 Å². The fraction of sp³-hybridized carbons (Fsp3) is 0.426. The highest BCUT2D eigenvalue weighted by atomic mass is 32.1. The highest BCUT2D eigenvalue weighted by Crippen LogP contribution is 2.50. The van der Waals surface area contributed by atoms with Gasteiger partial charge >= 0.3 is 0 Å². The summed E-state index contributed by atoms with van der Waals surface area (Å²) in [4.78, 5) is 53.9. The molecule has 3 aromatic carbocycles. The molecule has 4 heterocycles. The Morgan fingerprint density at radius 2 is 1.69 bits per heavy atom. The van der Waals surface area contributed by atoms with Gasteiger partial charge in [0.1, 0.15) is 48.4 Å². The molecule has 8 rings (SSSR count). The predicted octanol–water partition coefficient (Wildman–Crippen LogP) is 8.59. The van der Waals surface area contributed by atoms with Gasteiger partial charge in [-0.3, -0.25) is 24.3 Å². The number of pyridine rings is 1. The lowest BCUT2D eigenvalue weighted by molar-refractivity contribution is -0.144. The van der Waals surface area contributed by atoms with Gasteiger partial charge in [0.2, 0.25) is 17.7 Å². The summed E-state index contributed by atoms with van der Waals surface area (Å²) in [5.74, 6) is -3.07. The van der Waals surface area contributed by atoms with E-state index in [0.29, 0.717) is 24.1 Å². The van der Waals surface area contributed by atoms with E-state index in [1.54, 1.807) is 49.8 Å². The number of benzene rings is 3. The summed E-state index contributed by atoms with van der Waals surface area (Å²) < 4.78 is 59.5. The highest BCUT2D eigenvalue weighted by Gasteiger charge is 2.45. The third kappa shape index (κ3) is 11.5. The summed E-state index contributed by atoms with van der Waals surface area (Å²) in [6.45, 7) is 11.9. The van der Waals surface area contributed by atoms with Crippen LogP contribution in [-0.4, -0.2) is 92.2 Å². The molecule has 0 spiro atoms. The van der Waals surface area contributed by atoms with Crippen molar-refractivity contribution < 1.29 is 42.1 Å². The number of hydrogen-bond donors (Lipinski definition) is 3. The summed E-state index contributed by atoms with van der Waals surface area (Å²) >= 11 is 1.56. The number of hydrogen-bond acceptors (Lipinski definition) is 10. The van der Waals surface area contributed by atoms with Crippen LogP contribution >= 0.6 is 11.3 Å². The quantitative estimate of drug-likeness (QED) is 0.0886. The van der Waals surface area contributed by atoms with Crippen LogP contribution in [0.3, 0.4) is 0 Å². The Labute approximate surface area is 411 Å². The van der Waals surface area contributed by atoms with Gasteiger partial charge in [-0.1, -0.05) is 69.3 Å². The summed E-state index contributed by atoms with van der Waals surface area (Å²) in [7, 11) is 0. The highest BCUT2D eigenvalue weighted by molar-refractivity contribution is 7.13. The number of rotatable bonds is 16. The topological polar surface area (TPSA) is 146 Å². The van der Waals surface area contributed by atoms with Gasteiger partial charge in [0.15, 0.2) is 0 Å². The number of nitrogens with zero attached hydrogens (tertiary/aromatic N) is 4. The number of ether oxygens (including phenoxy) is 2. The van der Waals surface area contributed by atoms with Crippen molar-refractivity contribution in [3.63, 3.8) is 0 Å². The average Bonchev–Trinajstić information content (AvgIpc) is 4.03. The lowest BCUT2D eigenvalue weighted by Crippen LogP contribution is -2.58. The number of aryl methyl sites for hydroxylation is 1. The molecule has 1 fully saturated rings. The number of alkyl halides is 1. The normalized spacial score (nSPS) is 19.7. The zero-order chi connectivity index (χ0) is 50.1. The van der Waals surface area contributed by atoms with Crippen molar-refractivity contribution in [2.75, 3.05) is 19.7 Å². The number of carbonyl (C=O) groups is 3. The Morgan fingerprint density at radius 3 is 2.37 bits per heavy atom. The molecule has 0 radical (unpaired) electrons. The van der Waals surface area contributed by atoms with Crippen LogP contribution in [-0.2, 0) is 45.3 Å². The van der Waals surface area contributed by atoms with Crippen molar-refractivity contribution in [3.8, 4) is 16.2 Å². The van der Waals surface area contributed by atoms with Crippen LogP contribution in [0.15, 0.2) is 90.1 Å². The number of β-amino-alcohol motifs (C(OH)–C–C–N with tert-alkyl or cyclic N) is 1. The molecule has 0 saturated carbocycles. The smallest absolute Gasteiger partial charge is 0.246 e. The van der Waals surface area contributed by atoms with E-state index in [9.17, 15) is 19.5 Å². The Bertz CT molecular complexity index is 2750. The van der Waals surface area contributed by atoms with Gasteiger partial charge in [0.25, 0.3) is 0 Å². The zero-order valence-electron chi connectivity index (χ0n) is 40.7. The number of thiazole rings is 1. The first-order chi connectivity index (χ1) is 33.2. The second-order valence-corrected chi connectivity index (χ2v) is 21.2. The molecule has 5 atom stereocenters. The number of fused-ring (bicyclic) bond motifs is 2. The lowest BCUT2D eigenvalue weighted by atomic mass is 9.84. The number of aromatic nitrogens is 2. The Morgan fingerprint density at radius 1 is 0.957 bits per heavy atom. The molecule has 0 unspecified atom stereocenters. The molecule has 2 aromatic heterocycles. The largest absolute Gasteiger partial charge is 0.487 e. The molecule has 3 N–H and O–H groups in total. The molecule has 0 bridgehead atoms. The van der Waals surface area contributed by atoms with Gasteiger partial charge in [0, 0.05) is 56.0 Å². The Balaban J connectivity index is 0.857. The first-order valence-electron chi connectivity index (χ1n) is 23.7. The maximum absolute atomic E-state index is 16.3. The van der Waals surface area contributed by atoms with Gasteiger partial charge < -0.3 is 30.1 Å². The van der Waals surface area contributed by atoms with Crippen molar-refractivity contribution in [3.05, 3.63) is 141 Å². The molecule has 3 aliphatic rings. The van der Waals surface area contributed by atoms with Crippen LogP contribution in [0, 0.1) is 24.0 Å². The summed E-state index contributed by atoms with van der Waals surface area (Å²) in [5, 5.41) is 16.3. The van der Waals surface area contributed by atoms with E-state index in [1.165, 1.54) is 24.9 Å². The van der Waals surface area contributed by atoms with Gasteiger partial charge in [-0.05, 0) is 97.0 Å². The van der Waals surface area contributed by atoms with E-state index in [0.717, 1.165) is 56.1 Å². The molecule has 1 aliphatic carbocycles. The number of likely N-dealkylation sites (tertiary alicyclic amines) is 1. The fourth-order valence-electron chi connectivity index (χ4n) is 9.85. The van der Waals surface area contributed by atoms with Crippen LogP contribution in [0.25, 0.3) is 16.0 Å². The molecule has 2 aliphatic heterocycles. The van der Waals surface area contributed by atoms with E-state index in [2.05, 4.69) is 20.6 Å².